The van der Waals surface area contributed by atoms with Crippen LogP contribution in [0.25, 0.3) is 0 Å². The summed E-state index contributed by atoms with van der Waals surface area (Å²) in [5.41, 5.74) is -1.39. The topological polar surface area (TPSA) is 77.0 Å². The van der Waals surface area contributed by atoms with Crippen molar-refractivity contribution in [2.24, 2.45) is 4.99 Å². The first-order valence-corrected chi connectivity index (χ1v) is 10.0. The molecule has 1 atom stereocenters. The molecular weight excluding hydrogens is 434 g/mol. The molecule has 1 N–H and O–H groups in total. The first-order valence-electron chi connectivity index (χ1n) is 9.26. The van der Waals surface area contributed by atoms with E-state index < -0.39 is 29.0 Å². The van der Waals surface area contributed by atoms with Gasteiger partial charge in [-0.05, 0) is 52.3 Å². The fourth-order valence-corrected chi connectivity index (χ4v) is 2.74. The van der Waals surface area contributed by atoms with Crippen LogP contribution in [0.3, 0.4) is 0 Å². The van der Waals surface area contributed by atoms with Gasteiger partial charge in [-0.1, -0.05) is 29.3 Å². The molecule has 0 spiro atoms. The number of rotatable bonds is 8. The molecule has 0 radical (unpaired) electrons. The molecule has 0 heterocycles. The predicted octanol–water partition coefficient (Wildman–Crippen LogP) is 5.50. The van der Waals surface area contributed by atoms with E-state index in [-0.39, 0.29) is 19.4 Å². The van der Waals surface area contributed by atoms with Gasteiger partial charge in [-0.3, -0.25) is 4.99 Å². The lowest BCUT2D eigenvalue weighted by atomic mass is 9.96. The highest BCUT2D eigenvalue weighted by atomic mass is 35.5. The number of nitrogens with one attached hydrogen (secondary N) is 1. The van der Waals surface area contributed by atoms with Crippen molar-refractivity contribution in [3.8, 4) is 0 Å². The van der Waals surface area contributed by atoms with Crippen molar-refractivity contribution in [2.45, 2.75) is 51.7 Å². The van der Waals surface area contributed by atoms with Crippen LogP contribution in [0, 0.1) is 0 Å². The van der Waals surface area contributed by atoms with E-state index in [0.29, 0.717) is 15.6 Å². The van der Waals surface area contributed by atoms with Crippen molar-refractivity contribution in [3.05, 3.63) is 45.7 Å². The lowest BCUT2D eigenvalue weighted by Gasteiger charge is -2.22. The summed E-state index contributed by atoms with van der Waals surface area (Å²) in [5.74, 6) is -1.11. The summed E-state index contributed by atoms with van der Waals surface area (Å²) in [6, 6.07) is 4.86. The number of ether oxygens (including phenoxy) is 2. The van der Waals surface area contributed by atoms with Gasteiger partial charge in [0.2, 0.25) is 0 Å². The van der Waals surface area contributed by atoms with Gasteiger partial charge in [0.15, 0.2) is 5.54 Å². The lowest BCUT2D eigenvalue weighted by Crippen LogP contribution is -2.35. The van der Waals surface area contributed by atoms with Crippen molar-refractivity contribution >= 4 is 41.5 Å². The highest BCUT2D eigenvalue weighted by Gasteiger charge is 2.33. The molecule has 1 rings (SSSR count). The number of amides is 1. The number of hydrogen-bond donors (Lipinski definition) is 1. The molecule has 0 aromatic heterocycles. The summed E-state index contributed by atoms with van der Waals surface area (Å²) in [6.45, 7) is 6.70. The maximum atomic E-state index is 14.2. The normalized spacial score (nSPS) is 14.3. The smallest absolute Gasteiger partial charge is 0.407 e. The summed E-state index contributed by atoms with van der Waals surface area (Å²) in [5, 5.41) is 3.28. The largest absolute Gasteiger partial charge is 0.467 e. The third-order valence-corrected chi connectivity index (χ3v) is 4.46. The zero-order valence-electron chi connectivity index (χ0n) is 17.7. The minimum absolute atomic E-state index is 0.0423. The second-order valence-corrected chi connectivity index (χ2v) is 8.57. The minimum Gasteiger partial charge on any atom is -0.467 e. The van der Waals surface area contributed by atoms with Gasteiger partial charge in [-0.15, -0.1) is 0 Å². The molecule has 0 aliphatic heterocycles. The molecule has 0 saturated heterocycles. The zero-order valence-corrected chi connectivity index (χ0v) is 19.2. The molecule has 0 fully saturated rings. The molecule has 1 aromatic carbocycles. The Kier molecular flexibility index (Phi) is 9.78. The fraction of sp³-hybridized carbons (Fsp3) is 0.476. The molecular formula is C21H27Cl2FN2O4. The van der Waals surface area contributed by atoms with Gasteiger partial charge in [-0.2, -0.15) is 0 Å². The maximum Gasteiger partial charge on any atom is 0.407 e. The van der Waals surface area contributed by atoms with Crippen LogP contribution < -0.4 is 5.32 Å². The van der Waals surface area contributed by atoms with E-state index in [1.807, 2.05) is 0 Å². The SMILES string of the molecule is COC(=O)C(C)(CCC(F)=CCNC(=O)OC(C)(C)C)N=Cc1ccc(Cl)cc1Cl. The molecule has 6 nitrogen and oxygen atoms in total. The number of alkyl carbamates (subject to hydrolysis) is 1. The monoisotopic (exact) mass is 460 g/mol. The van der Waals surface area contributed by atoms with Crippen LogP contribution in [0.15, 0.2) is 35.1 Å². The molecule has 0 aliphatic carbocycles. The van der Waals surface area contributed by atoms with Crippen LogP contribution in [-0.4, -0.2) is 43.1 Å². The van der Waals surface area contributed by atoms with Crippen molar-refractivity contribution < 1.29 is 23.5 Å². The third kappa shape index (κ3) is 9.13. The average Bonchev–Trinajstić information content (AvgIpc) is 2.63. The Balaban J connectivity index is 2.76. The van der Waals surface area contributed by atoms with E-state index in [1.54, 1.807) is 45.9 Å². The van der Waals surface area contributed by atoms with E-state index in [9.17, 15) is 14.0 Å². The number of benzene rings is 1. The van der Waals surface area contributed by atoms with Crippen LogP contribution in [0.5, 0.6) is 0 Å². The highest BCUT2D eigenvalue weighted by molar-refractivity contribution is 6.36. The Morgan fingerprint density at radius 1 is 1.23 bits per heavy atom. The second-order valence-electron chi connectivity index (χ2n) is 7.72. The van der Waals surface area contributed by atoms with E-state index >= 15 is 0 Å². The molecule has 0 bridgehead atoms. The average molecular weight is 461 g/mol. The molecule has 1 unspecified atom stereocenters. The number of methoxy groups -OCH3 is 1. The summed E-state index contributed by atoms with van der Waals surface area (Å²) >= 11 is 12.0. The Morgan fingerprint density at radius 3 is 2.47 bits per heavy atom. The van der Waals surface area contributed by atoms with E-state index in [0.717, 1.165) is 0 Å². The van der Waals surface area contributed by atoms with Crippen LogP contribution in [0.2, 0.25) is 10.0 Å². The van der Waals surface area contributed by atoms with E-state index in [1.165, 1.54) is 19.4 Å². The van der Waals surface area contributed by atoms with Gasteiger partial charge in [-0.25, -0.2) is 14.0 Å². The molecule has 1 amide bonds. The van der Waals surface area contributed by atoms with E-state index in [2.05, 4.69) is 10.3 Å². The summed E-state index contributed by atoms with van der Waals surface area (Å²) in [6.07, 6.45) is 1.97. The predicted molar refractivity (Wildman–Crippen MR) is 117 cm³/mol. The van der Waals surface area contributed by atoms with Crippen LogP contribution in [0.4, 0.5) is 9.18 Å². The summed E-state index contributed by atoms with van der Waals surface area (Å²) in [4.78, 5) is 28.1. The van der Waals surface area contributed by atoms with Crippen molar-refractivity contribution in [1.29, 1.82) is 0 Å². The highest BCUT2D eigenvalue weighted by Crippen LogP contribution is 2.25. The van der Waals surface area contributed by atoms with Gasteiger partial charge >= 0.3 is 12.1 Å². The zero-order chi connectivity index (χ0) is 22.9. The minimum atomic E-state index is -1.32. The number of esters is 1. The molecule has 9 heteroatoms. The quantitative estimate of drug-likeness (QED) is 0.410. The first-order chi connectivity index (χ1) is 13.9. The Bertz CT molecular complexity index is 822. The van der Waals surface area contributed by atoms with Gasteiger partial charge in [0.25, 0.3) is 0 Å². The third-order valence-electron chi connectivity index (χ3n) is 3.90. The molecule has 166 valence electrons. The lowest BCUT2D eigenvalue weighted by molar-refractivity contribution is -0.146. The Labute approximate surface area is 186 Å². The number of aliphatic imine (C=N–C) groups is 1. The standard InChI is InChI=1S/C21H27Cl2FN2O4/c1-20(2,3)30-19(28)25-11-9-16(24)8-10-21(4,18(27)29-5)26-13-14-6-7-15(22)12-17(14)23/h6-7,9,12-13H,8,10-11H2,1-5H3,(H,25,28). The maximum absolute atomic E-state index is 14.2. The summed E-state index contributed by atoms with van der Waals surface area (Å²) < 4.78 is 24.1. The van der Waals surface area contributed by atoms with Gasteiger partial charge in [0.1, 0.15) is 5.60 Å². The van der Waals surface area contributed by atoms with Crippen LogP contribution >= 0.6 is 23.2 Å². The Hall–Kier alpha value is -2.12. The first kappa shape index (κ1) is 25.9. The second kappa shape index (κ2) is 11.3. The van der Waals surface area contributed by atoms with Crippen molar-refractivity contribution in [3.63, 3.8) is 0 Å². The number of nitrogens with zero attached hydrogens (tertiary/aromatic N) is 1. The van der Waals surface area contributed by atoms with Gasteiger partial charge in [0.05, 0.1) is 18.0 Å². The van der Waals surface area contributed by atoms with Crippen LogP contribution in [0.1, 0.15) is 46.1 Å². The molecule has 1 aromatic rings. The van der Waals surface area contributed by atoms with Crippen LogP contribution in [-0.2, 0) is 14.3 Å². The molecule has 0 aliphatic rings. The fourth-order valence-electron chi connectivity index (χ4n) is 2.28. The van der Waals surface area contributed by atoms with Crippen molar-refractivity contribution in [2.75, 3.05) is 13.7 Å². The molecule has 0 saturated carbocycles. The van der Waals surface area contributed by atoms with Crippen molar-refractivity contribution in [1.82, 2.24) is 5.32 Å². The van der Waals surface area contributed by atoms with Gasteiger partial charge < -0.3 is 14.8 Å². The number of carbonyl (C=O) groups is 2. The van der Waals surface area contributed by atoms with E-state index in [4.69, 9.17) is 32.7 Å². The number of carbonyl (C=O) groups excluding carboxylic acids is 2. The number of allylic oxidation sites excluding steroid dienone is 1. The number of hydrogen-bond acceptors (Lipinski definition) is 5. The summed E-state index contributed by atoms with van der Waals surface area (Å²) in [7, 11) is 1.24. The van der Waals surface area contributed by atoms with Gasteiger partial charge in [0, 0.05) is 29.8 Å². The molecule has 30 heavy (non-hydrogen) atoms. The Morgan fingerprint density at radius 2 is 1.90 bits per heavy atom. The number of halogens is 3.